The fourth-order valence-corrected chi connectivity index (χ4v) is 3.95. The molecule has 1 aromatic carbocycles. The third-order valence-corrected chi connectivity index (χ3v) is 5.45. The summed E-state index contributed by atoms with van der Waals surface area (Å²) in [5, 5.41) is 5.27. The van der Waals surface area contributed by atoms with Crippen molar-refractivity contribution in [2.24, 2.45) is 0 Å². The second kappa shape index (κ2) is 10.7. The lowest BCUT2D eigenvalue weighted by Crippen LogP contribution is -2.59. The van der Waals surface area contributed by atoms with Gasteiger partial charge < -0.3 is 20.3 Å². The molecule has 8 heteroatoms. The van der Waals surface area contributed by atoms with E-state index in [0.29, 0.717) is 0 Å². The molecule has 8 nitrogen and oxygen atoms in total. The molecule has 1 atom stereocenters. The number of rotatable bonds is 6. The van der Waals surface area contributed by atoms with Crippen LogP contribution in [0.3, 0.4) is 0 Å². The molecule has 0 bridgehead atoms. The maximum Gasteiger partial charge on any atom is 0.308 e. The van der Waals surface area contributed by atoms with Gasteiger partial charge in [-0.15, -0.1) is 0 Å². The normalized spacial score (nSPS) is 20.0. The minimum absolute atomic E-state index is 0.0547. The zero-order valence-corrected chi connectivity index (χ0v) is 17.8. The van der Waals surface area contributed by atoms with Crippen LogP contribution in [0.25, 0.3) is 6.08 Å². The van der Waals surface area contributed by atoms with Crippen molar-refractivity contribution in [3.63, 3.8) is 0 Å². The van der Waals surface area contributed by atoms with E-state index in [1.807, 2.05) is 18.2 Å². The van der Waals surface area contributed by atoms with E-state index in [4.69, 9.17) is 4.74 Å². The van der Waals surface area contributed by atoms with E-state index in [0.717, 1.165) is 37.7 Å². The fraction of sp³-hybridized carbons (Fsp3) is 0.478. The van der Waals surface area contributed by atoms with Crippen LogP contribution in [0, 0.1) is 0 Å². The minimum Gasteiger partial charge on any atom is -0.462 e. The van der Waals surface area contributed by atoms with Gasteiger partial charge in [0.05, 0.1) is 6.42 Å². The molecule has 2 aliphatic rings. The summed E-state index contributed by atoms with van der Waals surface area (Å²) in [5.41, 5.74) is 0.786. The number of ether oxygens (including phenoxy) is 1. The maximum absolute atomic E-state index is 13.3. The number of carbonyl (C=O) groups excluding carboxylic acids is 4. The Labute approximate surface area is 182 Å². The second-order valence-corrected chi connectivity index (χ2v) is 7.91. The molecule has 1 aliphatic carbocycles. The van der Waals surface area contributed by atoms with Gasteiger partial charge >= 0.3 is 5.97 Å². The monoisotopic (exact) mass is 427 g/mol. The van der Waals surface area contributed by atoms with Gasteiger partial charge in [-0.05, 0) is 37.3 Å². The standard InChI is InChI=1S/C23H29N3O5/c1-16(27)25-19(14-17-8-4-2-5-9-17)23(30)26-13-12-24-22(29)20(26)15-21(28)31-18-10-6-3-7-11-18/h2,4-5,8-9,14,18,20H,3,6-7,10-13,15H2,1H3,(H,24,29)(H,25,27). The van der Waals surface area contributed by atoms with Gasteiger partial charge in [-0.3, -0.25) is 19.2 Å². The van der Waals surface area contributed by atoms with Gasteiger partial charge in [0.15, 0.2) is 0 Å². The third-order valence-electron chi connectivity index (χ3n) is 5.45. The van der Waals surface area contributed by atoms with Crippen molar-refractivity contribution in [1.82, 2.24) is 15.5 Å². The molecule has 3 amide bonds. The fourth-order valence-electron chi connectivity index (χ4n) is 3.95. The van der Waals surface area contributed by atoms with E-state index in [-0.39, 0.29) is 31.3 Å². The Hall–Kier alpha value is -3.16. The summed E-state index contributed by atoms with van der Waals surface area (Å²) in [4.78, 5) is 51.3. The molecule has 0 aromatic heterocycles. The van der Waals surface area contributed by atoms with Gasteiger partial charge in [0.2, 0.25) is 11.8 Å². The highest BCUT2D eigenvalue weighted by molar-refractivity contribution is 6.03. The molecule has 1 aromatic rings. The van der Waals surface area contributed by atoms with Gasteiger partial charge in [-0.1, -0.05) is 36.8 Å². The first-order valence-corrected chi connectivity index (χ1v) is 10.8. The first kappa shape index (κ1) is 22.5. The second-order valence-electron chi connectivity index (χ2n) is 7.91. The van der Waals surface area contributed by atoms with Crippen molar-refractivity contribution >= 4 is 29.8 Å². The lowest BCUT2D eigenvalue weighted by Gasteiger charge is -2.35. The number of hydrogen-bond acceptors (Lipinski definition) is 5. The molecule has 0 radical (unpaired) electrons. The van der Waals surface area contributed by atoms with Crippen LogP contribution in [0.4, 0.5) is 0 Å². The molecule has 1 saturated heterocycles. The molecule has 1 saturated carbocycles. The van der Waals surface area contributed by atoms with Crippen LogP contribution in [-0.4, -0.2) is 53.8 Å². The quantitative estimate of drug-likeness (QED) is 0.532. The topological polar surface area (TPSA) is 105 Å². The Balaban J connectivity index is 1.76. The van der Waals surface area contributed by atoms with E-state index in [9.17, 15) is 19.2 Å². The molecule has 0 spiro atoms. The highest BCUT2D eigenvalue weighted by Crippen LogP contribution is 2.22. The number of carbonyl (C=O) groups is 4. The molecule has 3 rings (SSSR count). The smallest absolute Gasteiger partial charge is 0.308 e. The number of benzene rings is 1. The molecule has 166 valence electrons. The van der Waals surface area contributed by atoms with Crippen molar-refractivity contribution in [2.75, 3.05) is 13.1 Å². The van der Waals surface area contributed by atoms with E-state index < -0.39 is 29.7 Å². The highest BCUT2D eigenvalue weighted by atomic mass is 16.5. The Bertz CT molecular complexity index is 846. The van der Waals surface area contributed by atoms with Gasteiger partial charge in [-0.2, -0.15) is 0 Å². The number of hydrogen-bond donors (Lipinski definition) is 2. The number of nitrogens with one attached hydrogen (secondary N) is 2. The molecule has 1 unspecified atom stereocenters. The third kappa shape index (κ3) is 6.41. The average Bonchev–Trinajstić information content (AvgIpc) is 2.75. The summed E-state index contributed by atoms with van der Waals surface area (Å²) >= 11 is 0. The van der Waals surface area contributed by atoms with Crippen molar-refractivity contribution in [3.05, 3.63) is 41.6 Å². The number of amides is 3. The zero-order chi connectivity index (χ0) is 22.2. The van der Waals surface area contributed by atoms with E-state index in [1.54, 1.807) is 18.2 Å². The minimum atomic E-state index is -0.981. The summed E-state index contributed by atoms with van der Waals surface area (Å²) < 4.78 is 5.55. The van der Waals surface area contributed by atoms with Crippen LogP contribution in [0.1, 0.15) is 51.0 Å². The highest BCUT2D eigenvalue weighted by Gasteiger charge is 2.37. The largest absolute Gasteiger partial charge is 0.462 e. The maximum atomic E-state index is 13.3. The summed E-state index contributed by atoms with van der Waals surface area (Å²) in [6.07, 6.45) is 6.08. The molecule has 2 fully saturated rings. The van der Waals surface area contributed by atoms with Gasteiger partial charge in [0.25, 0.3) is 5.91 Å². The predicted octanol–water partition coefficient (Wildman–Crippen LogP) is 1.76. The van der Waals surface area contributed by atoms with Crippen molar-refractivity contribution in [1.29, 1.82) is 0 Å². The van der Waals surface area contributed by atoms with E-state index in [1.165, 1.54) is 11.8 Å². The van der Waals surface area contributed by atoms with Crippen LogP contribution in [-0.2, 0) is 23.9 Å². The number of esters is 1. The lowest BCUT2D eigenvalue weighted by molar-refractivity contribution is -0.156. The molecule has 2 N–H and O–H groups in total. The first-order chi connectivity index (χ1) is 14.9. The van der Waals surface area contributed by atoms with Crippen molar-refractivity contribution in [3.8, 4) is 0 Å². The molecular weight excluding hydrogens is 398 g/mol. The number of nitrogens with zero attached hydrogens (tertiary/aromatic N) is 1. The van der Waals surface area contributed by atoms with Crippen LogP contribution in [0.2, 0.25) is 0 Å². The van der Waals surface area contributed by atoms with E-state index >= 15 is 0 Å². The Morgan fingerprint density at radius 1 is 1.16 bits per heavy atom. The molecular formula is C23H29N3O5. The van der Waals surface area contributed by atoms with Crippen LogP contribution in [0.15, 0.2) is 36.0 Å². The molecule has 31 heavy (non-hydrogen) atoms. The van der Waals surface area contributed by atoms with Crippen molar-refractivity contribution < 1.29 is 23.9 Å². The summed E-state index contributed by atoms with van der Waals surface area (Å²) in [6.45, 7) is 1.82. The number of piperazine rings is 1. The van der Waals surface area contributed by atoms with Crippen LogP contribution < -0.4 is 10.6 Å². The summed E-state index contributed by atoms with van der Waals surface area (Å²) in [7, 11) is 0. The van der Waals surface area contributed by atoms with Gasteiger partial charge in [0, 0.05) is 20.0 Å². The molecule has 1 aliphatic heterocycles. The lowest BCUT2D eigenvalue weighted by atomic mass is 9.98. The predicted molar refractivity (Wildman–Crippen MR) is 114 cm³/mol. The Kier molecular flexibility index (Phi) is 7.81. The Morgan fingerprint density at radius 3 is 2.55 bits per heavy atom. The van der Waals surface area contributed by atoms with Gasteiger partial charge in [0.1, 0.15) is 17.8 Å². The zero-order valence-electron chi connectivity index (χ0n) is 17.8. The van der Waals surface area contributed by atoms with Gasteiger partial charge in [-0.25, -0.2) is 0 Å². The van der Waals surface area contributed by atoms with Crippen LogP contribution >= 0.6 is 0 Å². The SMILES string of the molecule is CC(=O)NC(=Cc1ccccc1)C(=O)N1CCNC(=O)C1CC(=O)OC1CCCCC1. The average molecular weight is 428 g/mol. The Morgan fingerprint density at radius 2 is 1.87 bits per heavy atom. The van der Waals surface area contributed by atoms with Crippen LogP contribution in [0.5, 0.6) is 0 Å². The van der Waals surface area contributed by atoms with Crippen molar-refractivity contribution in [2.45, 2.75) is 57.6 Å². The van der Waals surface area contributed by atoms with E-state index in [2.05, 4.69) is 10.6 Å². The molecule has 1 heterocycles. The first-order valence-electron chi connectivity index (χ1n) is 10.8. The summed E-state index contributed by atoms with van der Waals surface area (Å²) in [6, 6.07) is 8.11. The summed E-state index contributed by atoms with van der Waals surface area (Å²) in [5.74, 6) is -1.79.